The fraction of sp³-hybridized carbons (Fsp3) is 0.364. The zero-order valence-corrected chi connectivity index (χ0v) is 16.7. The summed E-state index contributed by atoms with van der Waals surface area (Å²) in [4.78, 5) is 23.9. The van der Waals surface area contributed by atoms with Gasteiger partial charge in [-0.2, -0.15) is 0 Å². The van der Waals surface area contributed by atoms with E-state index in [9.17, 15) is 30.0 Å². The largest absolute Gasteiger partial charge is 0.479 e. The van der Waals surface area contributed by atoms with E-state index in [-0.39, 0.29) is 12.5 Å². The Balaban J connectivity index is 1.53. The number of ether oxygens (including phenoxy) is 2. The number of aliphatic hydroxyl groups excluding tert-OH is 3. The van der Waals surface area contributed by atoms with Gasteiger partial charge >= 0.3 is 11.9 Å². The highest BCUT2D eigenvalue weighted by molar-refractivity contribution is 5.80. The summed E-state index contributed by atoms with van der Waals surface area (Å²) >= 11 is 0. The summed E-state index contributed by atoms with van der Waals surface area (Å²) in [6.45, 7) is -0.139. The molecule has 0 radical (unpaired) electrons. The van der Waals surface area contributed by atoms with Gasteiger partial charge in [0.25, 0.3) is 0 Å². The zero-order valence-electron chi connectivity index (χ0n) is 16.7. The Morgan fingerprint density at radius 1 is 1.00 bits per heavy atom. The first-order valence-electron chi connectivity index (χ1n) is 9.94. The molecule has 32 heavy (non-hydrogen) atoms. The van der Waals surface area contributed by atoms with E-state index < -0.39 is 48.2 Å². The summed E-state index contributed by atoms with van der Waals surface area (Å²) in [5.74, 6) is -6.20. The van der Waals surface area contributed by atoms with Crippen LogP contribution in [0.3, 0.4) is 0 Å². The van der Waals surface area contributed by atoms with Crippen molar-refractivity contribution in [1.82, 2.24) is 0 Å². The minimum Gasteiger partial charge on any atom is -0.479 e. The van der Waals surface area contributed by atoms with E-state index in [0.717, 1.165) is 22.3 Å². The SMILES string of the molecule is NC(C(=O)OCC1c2ccccc2-c2ccccc21)[C@@]1(O)O[C@H](C(=O)O)[C@H](O)[C@H](O)[C@H]1O. The fourth-order valence-electron chi connectivity index (χ4n) is 4.27. The van der Waals surface area contributed by atoms with Crippen molar-refractivity contribution < 1.29 is 44.6 Å². The first-order chi connectivity index (χ1) is 15.2. The number of nitrogens with two attached hydrogens (primary N) is 1. The molecule has 1 fully saturated rings. The number of carboxylic acids is 1. The molecular formula is C22H23NO9. The minimum atomic E-state index is -3.00. The van der Waals surface area contributed by atoms with E-state index in [1.165, 1.54) is 0 Å². The van der Waals surface area contributed by atoms with E-state index in [0.29, 0.717) is 0 Å². The number of esters is 1. The van der Waals surface area contributed by atoms with Crippen LogP contribution in [-0.4, -0.2) is 80.3 Å². The molecule has 0 bridgehead atoms. The number of rotatable bonds is 5. The molecule has 1 heterocycles. The number of carbonyl (C=O) groups excluding carboxylic acids is 1. The van der Waals surface area contributed by atoms with Gasteiger partial charge in [-0.15, -0.1) is 0 Å². The number of hydrogen-bond acceptors (Lipinski definition) is 9. The molecule has 7 N–H and O–H groups in total. The molecule has 1 saturated heterocycles. The Hall–Kier alpha value is -2.86. The molecule has 1 aliphatic carbocycles. The Morgan fingerprint density at radius 3 is 2.06 bits per heavy atom. The molecule has 170 valence electrons. The fourth-order valence-corrected chi connectivity index (χ4v) is 4.27. The smallest absolute Gasteiger partial charge is 0.335 e. The summed E-state index contributed by atoms with van der Waals surface area (Å²) < 4.78 is 10.2. The number of aliphatic hydroxyl groups is 4. The summed E-state index contributed by atoms with van der Waals surface area (Å²) in [7, 11) is 0. The molecule has 2 aromatic rings. The van der Waals surface area contributed by atoms with Gasteiger partial charge in [-0.3, -0.25) is 4.79 Å². The van der Waals surface area contributed by atoms with Gasteiger partial charge in [0, 0.05) is 5.92 Å². The second-order valence-electron chi connectivity index (χ2n) is 7.89. The van der Waals surface area contributed by atoms with Crippen LogP contribution < -0.4 is 5.73 Å². The number of carboxylic acid groups (broad SMARTS) is 1. The van der Waals surface area contributed by atoms with E-state index in [1.54, 1.807) is 0 Å². The monoisotopic (exact) mass is 445 g/mol. The predicted octanol–water partition coefficient (Wildman–Crippen LogP) is -1.08. The van der Waals surface area contributed by atoms with Gasteiger partial charge in [-0.1, -0.05) is 48.5 Å². The molecule has 0 amide bonds. The highest BCUT2D eigenvalue weighted by Gasteiger charge is 2.60. The second kappa shape index (κ2) is 8.24. The summed E-state index contributed by atoms with van der Waals surface area (Å²) in [5.41, 5.74) is 9.64. The van der Waals surface area contributed by atoms with Crippen molar-refractivity contribution in [3.63, 3.8) is 0 Å². The van der Waals surface area contributed by atoms with Gasteiger partial charge in [0.1, 0.15) is 24.9 Å². The first kappa shape index (κ1) is 22.3. The molecule has 10 nitrogen and oxygen atoms in total. The van der Waals surface area contributed by atoms with Gasteiger partial charge in [0.05, 0.1) is 0 Å². The molecule has 0 aromatic heterocycles. The molecule has 2 aromatic carbocycles. The average Bonchev–Trinajstić information content (AvgIpc) is 3.11. The number of aliphatic carboxylic acids is 1. The third kappa shape index (κ3) is 3.47. The second-order valence-corrected chi connectivity index (χ2v) is 7.89. The molecule has 4 rings (SSSR count). The zero-order chi connectivity index (χ0) is 23.2. The van der Waals surface area contributed by atoms with E-state index >= 15 is 0 Å². The molecule has 0 spiro atoms. The van der Waals surface area contributed by atoms with Crippen molar-refractivity contribution >= 4 is 11.9 Å². The predicted molar refractivity (Wildman–Crippen MR) is 108 cm³/mol. The standard InChI is InChI=1S/C22H23NO9/c23-18(22(30)19(26)16(25)15(24)17(32-22)20(27)28)21(29)31-9-14-12-7-3-1-5-10(12)11-6-2-4-8-13(11)14/h1-8,14-19,24-26,30H,9,23H2,(H,27,28)/t15-,16+,17+,18?,19-,22-/m1/s1. The van der Waals surface area contributed by atoms with Gasteiger partial charge in [-0.25, -0.2) is 4.79 Å². The lowest BCUT2D eigenvalue weighted by atomic mass is 9.88. The number of benzene rings is 2. The van der Waals surface area contributed by atoms with E-state index in [1.807, 2.05) is 48.5 Å². The Morgan fingerprint density at radius 2 is 1.53 bits per heavy atom. The number of hydrogen-bond donors (Lipinski definition) is 6. The van der Waals surface area contributed by atoms with Crippen LogP contribution in [-0.2, 0) is 19.1 Å². The molecule has 2 aliphatic rings. The molecule has 0 saturated carbocycles. The Kier molecular flexibility index (Phi) is 5.76. The van der Waals surface area contributed by atoms with Crippen LogP contribution in [0.25, 0.3) is 11.1 Å². The van der Waals surface area contributed by atoms with Crippen molar-refractivity contribution in [3.8, 4) is 11.1 Å². The van der Waals surface area contributed by atoms with Gasteiger partial charge in [0.15, 0.2) is 12.1 Å². The lowest BCUT2D eigenvalue weighted by Crippen LogP contribution is -2.73. The van der Waals surface area contributed by atoms with Gasteiger partial charge in [0.2, 0.25) is 5.79 Å². The van der Waals surface area contributed by atoms with E-state index in [2.05, 4.69) is 0 Å². The number of carbonyl (C=O) groups is 2. The third-order valence-electron chi connectivity index (χ3n) is 6.02. The van der Waals surface area contributed by atoms with Crippen molar-refractivity contribution in [3.05, 3.63) is 59.7 Å². The van der Waals surface area contributed by atoms with Crippen LogP contribution in [0.15, 0.2) is 48.5 Å². The molecular weight excluding hydrogens is 422 g/mol. The van der Waals surface area contributed by atoms with Crippen molar-refractivity contribution in [2.24, 2.45) is 5.73 Å². The number of fused-ring (bicyclic) bond motifs is 3. The maximum atomic E-state index is 12.6. The Labute approximate surface area is 182 Å². The maximum Gasteiger partial charge on any atom is 0.335 e. The molecule has 6 atom stereocenters. The van der Waals surface area contributed by atoms with Crippen LogP contribution in [0, 0.1) is 0 Å². The first-order valence-corrected chi connectivity index (χ1v) is 9.94. The summed E-state index contributed by atoms with van der Waals surface area (Å²) in [5, 5.41) is 49.7. The highest BCUT2D eigenvalue weighted by Crippen LogP contribution is 2.44. The minimum absolute atomic E-state index is 0.139. The quantitative estimate of drug-likeness (QED) is 0.310. The highest BCUT2D eigenvalue weighted by atomic mass is 16.7. The molecule has 1 unspecified atom stereocenters. The van der Waals surface area contributed by atoms with E-state index in [4.69, 9.17) is 20.3 Å². The normalized spacial score (nSPS) is 30.3. The molecule has 10 heteroatoms. The lowest BCUT2D eigenvalue weighted by Gasteiger charge is -2.46. The third-order valence-corrected chi connectivity index (χ3v) is 6.02. The lowest BCUT2D eigenvalue weighted by molar-refractivity contribution is -0.346. The summed E-state index contributed by atoms with van der Waals surface area (Å²) in [6.07, 6.45) is -8.55. The summed E-state index contributed by atoms with van der Waals surface area (Å²) in [6, 6.07) is 13.2. The van der Waals surface area contributed by atoms with Crippen LogP contribution in [0.5, 0.6) is 0 Å². The van der Waals surface area contributed by atoms with Crippen molar-refractivity contribution in [2.45, 2.75) is 42.2 Å². The van der Waals surface area contributed by atoms with Crippen LogP contribution >= 0.6 is 0 Å². The van der Waals surface area contributed by atoms with Gasteiger partial charge < -0.3 is 40.7 Å². The van der Waals surface area contributed by atoms with Crippen LogP contribution in [0.4, 0.5) is 0 Å². The topological polar surface area (TPSA) is 180 Å². The van der Waals surface area contributed by atoms with Crippen LogP contribution in [0.1, 0.15) is 17.0 Å². The van der Waals surface area contributed by atoms with Gasteiger partial charge in [-0.05, 0) is 22.3 Å². The molecule has 1 aliphatic heterocycles. The maximum absolute atomic E-state index is 12.6. The van der Waals surface area contributed by atoms with Crippen molar-refractivity contribution in [1.29, 1.82) is 0 Å². The average molecular weight is 445 g/mol. The van der Waals surface area contributed by atoms with Crippen LogP contribution in [0.2, 0.25) is 0 Å². The Bertz CT molecular complexity index is 998. The van der Waals surface area contributed by atoms with Crippen molar-refractivity contribution in [2.75, 3.05) is 6.61 Å².